The molecule has 0 saturated heterocycles. The number of nitrogen functional groups attached to an aromatic ring is 1. The van der Waals surface area contributed by atoms with Crippen molar-refractivity contribution in [3.63, 3.8) is 0 Å². The predicted octanol–water partition coefficient (Wildman–Crippen LogP) is 2.17. The number of rotatable bonds is 3. The minimum absolute atomic E-state index is 0.0607. The lowest BCUT2D eigenvalue weighted by Crippen LogP contribution is -2.31. The Labute approximate surface area is 125 Å². The van der Waals surface area contributed by atoms with Crippen LogP contribution in [0.5, 0.6) is 0 Å². The molecule has 0 aliphatic carbocycles. The second-order valence-electron chi connectivity index (χ2n) is 4.70. The molecule has 0 aliphatic heterocycles. The van der Waals surface area contributed by atoms with E-state index in [0.29, 0.717) is 16.1 Å². The quantitative estimate of drug-likeness (QED) is 0.574. The fraction of sp³-hybridized carbons (Fsp3) is 0.0667. The normalized spacial score (nSPS) is 10.9. The van der Waals surface area contributed by atoms with Crippen LogP contribution in [0.2, 0.25) is 5.02 Å². The van der Waals surface area contributed by atoms with Gasteiger partial charge in [-0.15, -0.1) is 0 Å². The fourth-order valence-electron chi connectivity index (χ4n) is 2.29. The predicted molar refractivity (Wildman–Crippen MR) is 81.7 cm³/mol. The van der Waals surface area contributed by atoms with Gasteiger partial charge in [0.15, 0.2) is 5.78 Å². The van der Waals surface area contributed by atoms with Gasteiger partial charge in [-0.05, 0) is 36.4 Å². The Bertz CT molecular complexity index is 877. The number of imidazole rings is 1. The Morgan fingerprint density at radius 2 is 1.71 bits per heavy atom. The summed E-state index contributed by atoms with van der Waals surface area (Å²) in [5, 5.41) is 8.62. The number of hydrogen-bond acceptors (Lipinski definition) is 3. The Morgan fingerprint density at radius 1 is 1.10 bits per heavy atom. The topological polar surface area (TPSA) is 76.8 Å². The van der Waals surface area contributed by atoms with E-state index in [1.165, 1.54) is 4.68 Å². The number of benzene rings is 2. The van der Waals surface area contributed by atoms with Crippen molar-refractivity contribution in [2.24, 2.45) is 0 Å². The van der Waals surface area contributed by atoms with E-state index in [9.17, 15) is 4.79 Å². The molecule has 0 saturated carbocycles. The highest BCUT2D eigenvalue weighted by Crippen LogP contribution is 2.13. The lowest BCUT2D eigenvalue weighted by Gasteiger charge is -2.04. The lowest BCUT2D eigenvalue weighted by atomic mass is 10.1. The first-order valence-electron chi connectivity index (χ1n) is 6.36. The van der Waals surface area contributed by atoms with Crippen LogP contribution in [-0.4, -0.2) is 15.0 Å². The largest absolute Gasteiger partial charge is 0.336 e. The summed E-state index contributed by atoms with van der Waals surface area (Å²) in [6.45, 7) is 0.0607. The minimum Gasteiger partial charge on any atom is -0.336 e. The number of ketones is 1. The van der Waals surface area contributed by atoms with Crippen LogP contribution in [0.3, 0.4) is 0 Å². The van der Waals surface area contributed by atoms with Crippen molar-refractivity contribution in [1.29, 1.82) is 5.41 Å². The van der Waals surface area contributed by atoms with Crippen molar-refractivity contribution < 1.29 is 4.79 Å². The van der Waals surface area contributed by atoms with Gasteiger partial charge in [-0.2, -0.15) is 0 Å². The third-order valence-electron chi connectivity index (χ3n) is 3.38. The molecule has 21 heavy (non-hydrogen) atoms. The molecule has 2 aromatic carbocycles. The van der Waals surface area contributed by atoms with Gasteiger partial charge in [-0.25, -0.2) is 4.68 Å². The van der Waals surface area contributed by atoms with Crippen LogP contribution in [0.25, 0.3) is 11.0 Å². The maximum atomic E-state index is 12.3. The van der Waals surface area contributed by atoms with Gasteiger partial charge in [-0.3, -0.25) is 10.2 Å². The van der Waals surface area contributed by atoms with Crippen molar-refractivity contribution in [3.05, 3.63) is 64.7 Å². The monoisotopic (exact) mass is 300 g/mol. The molecule has 106 valence electrons. The zero-order valence-electron chi connectivity index (χ0n) is 11.1. The summed E-state index contributed by atoms with van der Waals surface area (Å²) in [5.74, 6) is 5.76. The van der Waals surface area contributed by atoms with Crippen LogP contribution in [0, 0.1) is 5.41 Å². The zero-order chi connectivity index (χ0) is 15.0. The number of para-hydroxylation sites is 2. The van der Waals surface area contributed by atoms with Gasteiger partial charge in [0.25, 0.3) is 0 Å². The zero-order valence-corrected chi connectivity index (χ0v) is 11.8. The van der Waals surface area contributed by atoms with Gasteiger partial charge in [0.1, 0.15) is 0 Å². The average molecular weight is 301 g/mol. The summed E-state index contributed by atoms with van der Waals surface area (Å²) in [6, 6.07) is 14.1. The molecule has 0 bridgehead atoms. The van der Waals surface area contributed by atoms with Gasteiger partial charge in [0.2, 0.25) is 5.62 Å². The number of carbonyl (C=O) groups excluding carboxylic acids is 1. The highest BCUT2D eigenvalue weighted by molar-refractivity contribution is 6.30. The molecule has 1 heterocycles. The third kappa shape index (κ3) is 2.32. The number of aromatic nitrogens is 2. The number of carbonyl (C=O) groups is 1. The first kappa shape index (κ1) is 13.5. The smallest absolute Gasteiger partial charge is 0.222 e. The Hall–Kier alpha value is -2.53. The highest BCUT2D eigenvalue weighted by Gasteiger charge is 2.13. The van der Waals surface area contributed by atoms with Gasteiger partial charge < -0.3 is 10.4 Å². The number of nitrogens with zero attached hydrogens (tertiary/aromatic N) is 2. The van der Waals surface area contributed by atoms with E-state index in [1.807, 2.05) is 24.3 Å². The molecular weight excluding hydrogens is 288 g/mol. The summed E-state index contributed by atoms with van der Waals surface area (Å²) >= 11 is 5.82. The summed E-state index contributed by atoms with van der Waals surface area (Å²) in [5.41, 5.74) is 2.11. The molecule has 0 fully saturated rings. The molecule has 0 aliphatic rings. The Balaban J connectivity index is 2.02. The minimum atomic E-state index is -0.0958. The Morgan fingerprint density at radius 3 is 2.38 bits per heavy atom. The lowest BCUT2D eigenvalue weighted by molar-refractivity contribution is 0.0971. The Kier molecular flexibility index (Phi) is 3.27. The standard InChI is InChI=1S/C15H13ClN4O/c16-11-7-5-10(6-8-11)14(21)9-19-12-3-1-2-4-13(12)20(18)15(19)17/h1-8,17H,9,18H2. The maximum absolute atomic E-state index is 12.3. The van der Waals surface area contributed by atoms with Crippen molar-refractivity contribution in [1.82, 2.24) is 9.24 Å². The first-order chi connectivity index (χ1) is 10.1. The van der Waals surface area contributed by atoms with Crippen LogP contribution in [0.1, 0.15) is 10.4 Å². The molecule has 1 aromatic heterocycles. The molecule has 5 nitrogen and oxygen atoms in total. The van der Waals surface area contributed by atoms with Gasteiger partial charge in [-0.1, -0.05) is 23.7 Å². The van der Waals surface area contributed by atoms with E-state index in [-0.39, 0.29) is 17.9 Å². The second kappa shape index (κ2) is 5.10. The van der Waals surface area contributed by atoms with Crippen LogP contribution in [0.4, 0.5) is 0 Å². The number of halogens is 1. The molecule has 3 N–H and O–H groups in total. The first-order valence-corrected chi connectivity index (χ1v) is 6.74. The van der Waals surface area contributed by atoms with Crippen LogP contribution >= 0.6 is 11.6 Å². The summed E-state index contributed by atoms with van der Waals surface area (Å²) in [6.07, 6.45) is 0. The molecule has 0 amide bonds. The molecular formula is C15H13ClN4O. The molecule has 6 heteroatoms. The molecule has 0 atom stereocenters. The molecule has 3 rings (SSSR count). The van der Waals surface area contributed by atoms with Crippen LogP contribution in [0.15, 0.2) is 48.5 Å². The fourth-order valence-corrected chi connectivity index (χ4v) is 2.41. The van der Waals surface area contributed by atoms with E-state index >= 15 is 0 Å². The van der Waals surface area contributed by atoms with Crippen molar-refractivity contribution in [2.75, 3.05) is 5.84 Å². The molecule has 3 aromatic rings. The number of nitrogens with one attached hydrogen (secondary N) is 1. The number of fused-ring (bicyclic) bond motifs is 1. The number of Topliss-reactive ketones (excluding diaryl/α,β-unsaturated/α-hetero) is 1. The van der Waals surface area contributed by atoms with Crippen LogP contribution in [-0.2, 0) is 6.54 Å². The highest BCUT2D eigenvalue weighted by atomic mass is 35.5. The van der Waals surface area contributed by atoms with E-state index in [0.717, 1.165) is 5.52 Å². The maximum Gasteiger partial charge on any atom is 0.222 e. The van der Waals surface area contributed by atoms with E-state index in [4.69, 9.17) is 22.9 Å². The van der Waals surface area contributed by atoms with Gasteiger partial charge in [0, 0.05) is 10.6 Å². The molecule has 0 radical (unpaired) electrons. The van der Waals surface area contributed by atoms with Gasteiger partial charge in [0.05, 0.1) is 17.6 Å². The van der Waals surface area contributed by atoms with Crippen LogP contribution < -0.4 is 11.5 Å². The van der Waals surface area contributed by atoms with E-state index in [2.05, 4.69) is 0 Å². The summed E-state index contributed by atoms with van der Waals surface area (Å²) in [7, 11) is 0. The van der Waals surface area contributed by atoms with Crippen molar-refractivity contribution >= 4 is 28.4 Å². The molecule has 0 unspecified atom stereocenters. The summed E-state index contributed by atoms with van der Waals surface area (Å²) in [4.78, 5) is 12.3. The number of hydrogen-bond donors (Lipinski definition) is 2. The third-order valence-corrected chi connectivity index (χ3v) is 3.64. The van der Waals surface area contributed by atoms with E-state index < -0.39 is 0 Å². The average Bonchev–Trinajstić information content (AvgIpc) is 2.73. The summed E-state index contributed by atoms with van der Waals surface area (Å²) < 4.78 is 2.86. The van der Waals surface area contributed by atoms with E-state index in [1.54, 1.807) is 28.8 Å². The van der Waals surface area contributed by atoms with Crippen molar-refractivity contribution in [2.45, 2.75) is 6.54 Å². The second-order valence-corrected chi connectivity index (χ2v) is 5.13. The van der Waals surface area contributed by atoms with Gasteiger partial charge >= 0.3 is 0 Å². The molecule has 0 spiro atoms. The van der Waals surface area contributed by atoms with Crippen molar-refractivity contribution in [3.8, 4) is 0 Å². The SMILES string of the molecule is N=c1n(N)c2ccccc2n1CC(=O)c1ccc(Cl)cc1. The number of nitrogens with two attached hydrogens (primary N) is 1.